The minimum Gasteiger partial charge on any atom is -0.370 e. The molecule has 1 aromatic carbocycles. The first kappa shape index (κ1) is 15.9. The Hall–Kier alpha value is -1.44. The Bertz CT molecular complexity index is 614. The second-order valence-electron chi connectivity index (χ2n) is 5.14. The zero-order valence-electron chi connectivity index (χ0n) is 11.9. The highest BCUT2D eigenvalue weighted by Crippen LogP contribution is 2.22. The number of sulfonamides is 1. The zero-order chi connectivity index (χ0) is 15.3. The summed E-state index contributed by atoms with van der Waals surface area (Å²) in [5.74, 6) is -0.359. The van der Waals surface area contributed by atoms with Gasteiger partial charge in [0, 0.05) is 19.5 Å². The van der Waals surface area contributed by atoms with Gasteiger partial charge in [0.2, 0.25) is 15.9 Å². The summed E-state index contributed by atoms with van der Waals surface area (Å²) in [5, 5.41) is 3.23. The van der Waals surface area contributed by atoms with Gasteiger partial charge in [0.05, 0.1) is 4.90 Å². The van der Waals surface area contributed by atoms with Gasteiger partial charge in [-0.25, -0.2) is 13.1 Å². The maximum atomic E-state index is 12.4. The van der Waals surface area contributed by atoms with Crippen LogP contribution in [0.5, 0.6) is 0 Å². The van der Waals surface area contributed by atoms with Gasteiger partial charge in [-0.2, -0.15) is 0 Å². The molecule has 4 N–H and O–H groups in total. The molecule has 1 aromatic rings. The van der Waals surface area contributed by atoms with Crippen LogP contribution >= 0.6 is 0 Å². The maximum absolute atomic E-state index is 12.4. The van der Waals surface area contributed by atoms with Crippen molar-refractivity contribution in [2.24, 2.45) is 5.73 Å². The number of carbonyl (C=O) groups is 1. The van der Waals surface area contributed by atoms with Crippen molar-refractivity contribution in [1.82, 2.24) is 10.0 Å². The first-order chi connectivity index (χ1) is 10.0. The highest BCUT2D eigenvalue weighted by molar-refractivity contribution is 7.89. The standard InChI is InChI=1S/C14H21N3O3S/c15-14(18)6-1-2-8-17-21(19,20)13-5-3-4-11-10-16-9-7-12(11)13/h3-5,16-17H,1-2,6-10H2,(H2,15,18). The molecule has 0 saturated carbocycles. The fourth-order valence-corrected chi connectivity index (χ4v) is 3.84. The summed E-state index contributed by atoms with van der Waals surface area (Å²) in [7, 11) is -3.50. The molecular formula is C14H21N3O3S. The topological polar surface area (TPSA) is 101 Å². The highest BCUT2D eigenvalue weighted by Gasteiger charge is 2.21. The molecule has 1 aliphatic heterocycles. The summed E-state index contributed by atoms with van der Waals surface area (Å²) < 4.78 is 27.4. The molecule has 0 spiro atoms. The number of nitrogens with two attached hydrogens (primary N) is 1. The van der Waals surface area contributed by atoms with Gasteiger partial charge in [-0.15, -0.1) is 0 Å². The van der Waals surface area contributed by atoms with Crippen LogP contribution in [-0.4, -0.2) is 27.4 Å². The van der Waals surface area contributed by atoms with E-state index in [4.69, 9.17) is 5.73 Å². The Morgan fingerprint density at radius 3 is 2.90 bits per heavy atom. The molecule has 6 nitrogen and oxygen atoms in total. The lowest BCUT2D eigenvalue weighted by Gasteiger charge is -2.20. The molecule has 0 unspecified atom stereocenters. The van der Waals surface area contributed by atoms with Crippen LogP contribution in [0.1, 0.15) is 30.4 Å². The predicted molar refractivity (Wildman–Crippen MR) is 80.1 cm³/mol. The molecule has 1 aliphatic rings. The molecular weight excluding hydrogens is 290 g/mol. The molecule has 0 atom stereocenters. The lowest BCUT2D eigenvalue weighted by molar-refractivity contribution is -0.118. The monoisotopic (exact) mass is 311 g/mol. The number of benzene rings is 1. The van der Waals surface area contributed by atoms with Gasteiger partial charge in [-0.1, -0.05) is 12.1 Å². The molecule has 0 saturated heterocycles. The van der Waals surface area contributed by atoms with E-state index >= 15 is 0 Å². The molecule has 21 heavy (non-hydrogen) atoms. The number of amides is 1. The molecule has 0 aromatic heterocycles. The van der Waals surface area contributed by atoms with E-state index in [0.29, 0.717) is 37.2 Å². The smallest absolute Gasteiger partial charge is 0.240 e. The van der Waals surface area contributed by atoms with Crippen molar-refractivity contribution in [2.45, 2.75) is 37.1 Å². The summed E-state index contributed by atoms with van der Waals surface area (Å²) >= 11 is 0. The normalized spacial score (nSPS) is 14.7. The van der Waals surface area contributed by atoms with Crippen LogP contribution in [0.25, 0.3) is 0 Å². The Balaban J connectivity index is 2.01. The number of rotatable bonds is 7. The Kier molecular flexibility index (Phi) is 5.33. The van der Waals surface area contributed by atoms with E-state index in [-0.39, 0.29) is 12.3 Å². The number of carbonyl (C=O) groups excluding carboxylic acids is 1. The van der Waals surface area contributed by atoms with E-state index in [0.717, 1.165) is 17.7 Å². The van der Waals surface area contributed by atoms with Gasteiger partial charge in [0.15, 0.2) is 0 Å². The second kappa shape index (κ2) is 7.02. The van der Waals surface area contributed by atoms with Gasteiger partial charge in [0.25, 0.3) is 0 Å². The summed E-state index contributed by atoms with van der Waals surface area (Å²) in [4.78, 5) is 11.0. The van der Waals surface area contributed by atoms with Crippen molar-refractivity contribution in [2.75, 3.05) is 13.1 Å². The summed E-state index contributed by atoms with van der Waals surface area (Å²) in [6.07, 6.45) is 2.19. The minimum absolute atomic E-state index is 0.286. The largest absolute Gasteiger partial charge is 0.370 e. The third kappa shape index (κ3) is 4.26. The van der Waals surface area contributed by atoms with E-state index in [9.17, 15) is 13.2 Å². The van der Waals surface area contributed by atoms with E-state index in [1.807, 2.05) is 6.07 Å². The van der Waals surface area contributed by atoms with Gasteiger partial charge in [-0.05, 0) is 43.0 Å². The summed E-state index contributed by atoms with van der Waals surface area (Å²) in [6, 6.07) is 5.37. The zero-order valence-corrected chi connectivity index (χ0v) is 12.7. The molecule has 0 aliphatic carbocycles. The number of fused-ring (bicyclic) bond motifs is 1. The average Bonchev–Trinajstić information content (AvgIpc) is 2.46. The number of nitrogens with one attached hydrogen (secondary N) is 2. The minimum atomic E-state index is -3.50. The maximum Gasteiger partial charge on any atom is 0.240 e. The van der Waals surface area contributed by atoms with Crippen LogP contribution in [0.3, 0.4) is 0 Å². The van der Waals surface area contributed by atoms with Crippen LogP contribution in [0.2, 0.25) is 0 Å². The molecule has 1 heterocycles. The summed E-state index contributed by atoms with van der Waals surface area (Å²) in [6.45, 7) is 1.81. The van der Waals surface area contributed by atoms with E-state index in [2.05, 4.69) is 10.0 Å². The molecule has 2 rings (SSSR count). The first-order valence-corrected chi connectivity index (χ1v) is 8.58. The Morgan fingerprint density at radius 2 is 2.14 bits per heavy atom. The number of hydrogen-bond acceptors (Lipinski definition) is 4. The highest BCUT2D eigenvalue weighted by atomic mass is 32.2. The molecule has 7 heteroatoms. The average molecular weight is 311 g/mol. The second-order valence-corrected chi connectivity index (χ2v) is 6.88. The first-order valence-electron chi connectivity index (χ1n) is 7.10. The third-order valence-corrected chi connectivity index (χ3v) is 5.07. The van der Waals surface area contributed by atoms with Crippen LogP contribution in [0.4, 0.5) is 0 Å². The van der Waals surface area contributed by atoms with Crippen molar-refractivity contribution >= 4 is 15.9 Å². The third-order valence-electron chi connectivity index (χ3n) is 3.53. The SMILES string of the molecule is NC(=O)CCCCNS(=O)(=O)c1cccc2c1CCNC2. The van der Waals surface area contributed by atoms with Crippen LogP contribution in [-0.2, 0) is 27.8 Å². The van der Waals surface area contributed by atoms with Crippen LogP contribution in [0.15, 0.2) is 23.1 Å². The predicted octanol–water partition coefficient (Wildman–Crippen LogP) is 0.266. The van der Waals surface area contributed by atoms with Crippen molar-refractivity contribution in [3.63, 3.8) is 0 Å². The van der Waals surface area contributed by atoms with Crippen molar-refractivity contribution in [3.8, 4) is 0 Å². The lowest BCUT2D eigenvalue weighted by Crippen LogP contribution is -2.30. The molecule has 1 amide bonds. The van der Waals surface area contributed by atoms with E-state index in [1.165, 1.54) is 0 Å². The molecule has 0 bridgehead atoms. The quantitative estimate of drug-likeness (QED) is 0.629. The van der Waals surface area contributed by atoms with Crippen LogP contribution in [0, 0.1) is 0 Å². The van der Waals surface area contributed by atoms with E-state index in [1.54, 1.807) is 12.1 Å². The van der Waals surface area contributed by atoms with Crippen molar-refractivity contribution in [1.29, 1.82) is 0 Å². The number of unbranched alkanes of at least 4 members (excludes halogenated alkanes) is 1. The fourth-order valence-electron chi connectivity index (χ4n) is 2.46. The van der Waals surface area contributed by atoms with E-state index < -0.39 is 10.0 Å². The fraction of sp³-hybridized carbons (Fsp3) is 0.500. The summed E-state index contributed by atoms with van der Waals surface area (Å²) in [5.41, 5.74) is 6.99. The number of primary amides is 1. The van der Waals surface area contributed by atoms with Gasteiger partial charge in [0.1, 0.15) is 0 Å². The lowest BCUT2D eigenvalue weighted by atomic mass is 10.0. The van der Waals surface area contributed by atoms with Crippen molar-refractivity contribution < 1.29 is 13.2 Å². The Labute approximate surface area is 125 Å². The Morgan fingerprint density at radius 1 is 1.33 bits per heavy atom. The van der Waals surface area contributed by atoms with Gasteiger partial charge in [-0.3, -0.25) is 4.79 Å². The number of hydrogen-bond donors (Lipinski definition) is 3. The van der Waals surface area contributed by atoms with Gasteiger partial charge < -0.3 is 11.1 Å². The van der Waals surface area contributed by atoms with Gasteiger partial charge >= 0.3 is 0 Å². The van der Waals surface area contributed by atoms with Crippen LogP contribution < -0.4 is 15.8 Å². The van der Waals surface area contributed by atoms with Crippen molar-refractivity contribution in [3.05, 3.63) is 29.3 Å². The molecule has 0 radical (unpaired) electrons. The molecule has 116 valence electrons. The molecule has 0 fully saturated rings.